The SMILES string of the molecule is Cc1ccnc(N(N)C2=C(N)C(C)N(C(=O)c3cccc(Cl)c3Cl)C=C2)c1. The van der Waals surface area contributed by atoms with Crippen LogP contribution >= 0.6 is 23.2 Å². The van der Waals surface area contributed by atoms with Crippen molar-refractivity contribution in [1.82, 2.24) is 9.88 Å². The molecule has 1 aromatic heterocycles. The van der Waals surface area contributed by atoms with Crippen LogP contribution < -0.4 is 16.6 Å². The van der Waals surface area contributed by atoms with Gasteiger partial charge in [-0.15, -0.1) is 0 Å². The summed E-state index contributed by atoms with van der Waals surface area (Å²) in [6.07, 6.45) is 4.98. The smallest absolute Gasteiger partial charge is 0.259 e. The fraction of sp³-hybridized carbons (Fsp3) is 0.158. The van der Waals surface area contributed by atoms with Crippen LogP contribution in [0.3, 0.4) is 0 Å². The van der Waals surface area contributed by atoms with Gasteiger partial charge in [0, 0.05) is 12.4 Å². The summed E-state index contributed by atoms with van der Waals surface area (Å²) >= 11 is 12.2. The fourth-order valence-electron chi connectivity index (χ4n) is 2.79. The lowest BCUT2D eigenvalue weighted by Crippen LogP contribution is -2.44. The maximum absolute atomic E-state index is 12.9. The standard InChI is InChI=1S/C19H19Cl2N5O/c1-11-6-8-24-16(10-11)26(23)15-7-9-25(12(2)18(15)22)19(27)13-4-3-5-14(20)17(13)21/h3-10,12H,22-23H2,1-2H3. The van der Waals surface area contributed by atoms with Gasteiger partial charge in [-0.3, -0.25) is 9.80 Å². The third-order valence-corrected chi connectivity index (χ3v) is 5.20. The third-order valence-electron chi connectivity index (χ3n) is 4.38. The van der Waals surface area contributed by atoms with Gasteiger partial charge < -0.3 is 10.6 Å². The van der Waals surface area contributed by atoms with E-state index in [-0.39, 0.29) is 10.9 Å². The van der Waals surface area contributed by atoms with Crippen LogP contribution in [0, 0.1) is 6.92 Å². The van der Waals surface area contributed by atoms with E-state index in [1.165, 1.54) is 9.91 Å². The second-order valence-electron chi connectivity index (χ2n) is 6.21. The zero-order valence-electron chi connectivity index (χ0n) is 14.9. The number of benzene rings is 1. The van der Waals surface area contributed by atoms with E-state index in [0.29, 0.717) is 27.8 Å². The largest absolute Gasteiger partial charge is 0.399 e. The van der Waals surface area contributed by atoms with E-state index >= 15 is 0 Å². The van der Waals surface area contributed by atoms with E-state index in [4.69, 9.17) is 34.8 Å². The summed E-state index contributed by atoms with van der Waals surface area (Å²) in [6.45, 7) is 3.76. The highest BCUT2D eigenvalue weighted by atomic mass is 35.5. The zero-order chi connectivity index (χ0) is 19.7. The van der Waals surface area contributed by atoms with Gasteiger partial charge in [0.05, 0.1) is 33.0 Å². The molecule has 0 spiro atoms. The molecule has 6 nitrogen and oxygen atoms in total. The van der Waals surface area contributed by atoms with Crippen molar-refractivity contribution < 1.29 is 4.79 Å². The number of carbonyl (C=O) groups is 1. The number of hydrogen-bond donors (Lipinski definition) is 2. The number of anilines is 1. The molecule has 1 aliphatic heterocycles. The highest BCUT2D eigenvalue weighted by Crippen LogP contribution is 2.29. The Kier molecular flexibility index (Phi) is 5.41. The van der Waals surface area contributed by atoms with Crippen LogP contribution in [-0.4, -0.2) is 21.8 Å². The number of aryl methyl sites for hydroxylation is 1. The maximum Gasteiger partial charge on any atom is 0.259 e. The zero-order valence-corrected chi connectivity index (χ0v) is 16.4. The molecule has 0 radical (unpaired) electrons. The van der Waals surface area contributed by atoms with Crippen LogP contribution in [0.25, 0.3) is 0 Å². The second-order valence-corrected chi connectivity index (χ2v) is 6.99. The second kappa shape index (κ2) is 7.60. The lowest BCUT2D eigenvalue weighted by Gasteiger charge is -2.33. The third kappa shape index (κ3) is 3.64. The molecule has 1 amide bonds. The van der Waals surface area contributed by atoms with Gasteiger partial charge in [0.1, 0.15) is 5.82 Å². The van der Waals surface area contributed by atoms with Gasteiger partial charge >= 0.3 is 0 Å². The molecule has 2 heterocycles. The molecule has 140 valence electrons. The number of nitrogens with zero attached hydrogens (tertiary/aromatic N) is 3. The first-order valence-corrected chi connectivity index (χ1v) is 8.99. The highest BCUT2D eigenvalue weighted by Gasteiger charge is 2.29. The molecule has 27 heavy (non-hydrogen) atoms. The van der Waals surface area contributed by atoms with Crippen LogP contribution in [0.1, 0.15) is 22.8 Å². The minimum absolute atomic E-state index is 0.211. The molecule has 3 rings (SSSR count). The van der Waals surface area contributed by atoms with Crippen molar-refractivity contribution >= 4 is 34.9 Å². The molecule has 4 N–H and O–H groups in total. The van der Waals surface area contributed by atoms with Crippen molar-refractivity contribution in [1.29, 1.82) is 0 Å². The molecule has 1 unspecified atom stereocenters. The molecule has 1 aliphatic rings. The van der Waals surface area contributed by atoms with E-state index in [1.54, 1.807) is 36.7 Å². The number of hydrazine groups is 1. The molecule has 0 bridgehead atoms. The Bertz CT molecular complexity index is 957. The van der Waals surface area contributed by atoms with Gasteiger partial charge in [0.15, 0.2) is 0 Å². The van der Waals surface area contributed by atoms with E-state index in [2.05, 4.69) is 4.98 Å². The van der Waals surface area contributed by atoms with Gasteiger partial charge in [0.2, 0.25) is 0 Å². The maximum atomic E-state index is 12.9. The van der Waals surface area contributed by atoms with E-state index in [1.807, 2.05) is 26.0 Å². The Morgan fingerprint density at radius 2 is 2.04 bits per heavy atom. The van der Waals surface area contributed by atoms with Gasteiger partial charge in [-0.1, -0.05) is 29.3 Å². The Hall–Kier alpha value is -2.54. The van der Waals surface area contributed by atoms with Crippen molar-refractivity contribution in [2.24, 2.45) is 11.6 Å². The van der Waals surface area contributed by atoms with Crippen LogP contribution in [0.4, 0.5) is 5.82 Å². The average molecular weight is 404 g/mol. The Balaban J connectivity index is 1.90. The van der Waals surface area contributed by atoms with Gasteiger partial charge in [-0.05, 0) is 49.8 Å². The first-order chi connectivity index (χ1) is 12.8. The van der Waals surface area contributed by atoms with Crippen molar-refractivity contribution in [2.45, 2.75) is 19.9 Å². The number of pyridine rings is 1. The fourth-order valence-corrected chi connectivity index (χ4v) is 3.17. The Labute approximate surface area is 167 Å². The van der Waals surface area contributed by atoms with Crippen molar-refractivity contribution in [3.05, 3.63) is 81.4 Å². The lowest BCUT2D eigenvalue weighted by atomic mass is 10.1. The Morgan fingerprint density at radius 3 is 2.74 bits per heavy atom. The molecule has 0 saturated heterocycles. The molecule has 1 aromatic carbocycles. The number of halogens is 2. The summed E-state index contributed by atoms with van der Waals surface area (Å²) in [5.74, 6) is 6.46. The number of nitrogens with two attached hydrogens (primary N) is 2. The summed E-state index contributed by atoms with van der Waals surface area (Å²) in [7, 11) is 0. The normalized spacial score (nSPS) is 16.6. The van der Waals surface area contributed by atoms with Crippen molar-refractivity contribution in [3.63, 3.8) is 0 Å². The van der Waals surface area contributed by atoms with E-state index in [9.17, 15) is 4.79 Å². The number of hydrogen-bond acceptors (Lipinski definition) is 5. The van der Waals surface area contributed by atoms with Crippen molar-refractivity contribution in [3.8, 4) is 0 Å². The number of rotatable bonds is 3. The molecule has 8 heteroatoms. The van der Waals surface area contributed by atoms with Gasteiger partial charge in [0.25, 0.3) is 5.91 Å². The van der Waals surface area contributed by atoms with Crippen LogP contribution in [0.5, 0.6) is 0 Å². The topological polar surface area (TPSA) is 88.5 Å². The molecular weight excluding hydrogens is 385 g/mol. The van der Waals surface area contributed by atoms with E-state index < -0.39 is 6.04 Å². The summed E-state index contributed by atoms with van der Waals surface area (Å²) in [6, 6.07) is 8.23. The summed E-state index contributed by atoms with van der Waals surface area (Å²) in [5, 5.41) is 1.94. The summed E-state index contributed by atoms with van der Waals surface area (Å²) in [5.41, 5.74) is 8.64. The van der Waals surface area contributed by atoms with Gasteiger partial charge in [-0.2, -0.15) is 0 Å². The van der Waals surface area contributed by atoms with Crippen LogP contribution in [-0.2, 0) is 0 Å². The summed E-state index contributed by atoms with van der Waals surface area (Å²) in [4.78, 5) is 18.7. The monoisotopic (exact) mass is 403 g/mol. The lowest BCUT2D eigenvalue weighted by molar-refractivity contribution is 0.0791. The Morgan fingerprint density at radius 1 is 1.30 bits per heavy atom. The number of aromatic nitrogens is 1. The summed E-state index contributed by atoms with van der Waals surface area (Å²) < 4.78 is 0. The molecule has 2 aromatic rings. The molecule has 1 atom stereocenters. The number of amides is 1. The first-order valence-electron chi connectivity index (χ1n) is 8.23. The first kappa shape index (κ1) is 19.2. The molecule has 0 saturated carbocycles. The molecule has 0 fully saturated rings. The quantitative estimate of drug-likeness (QED) is 0.603. The average Bonchev–Trinajstić information content (AvgIpc) is 2.65. The van der Waals surface area contributed by atoms with Crippen LogP contribution in [0.2, 0.25) is 10.0 Å². The van der Waals surface area contributed by atoms with Crippen molar-refractivity contribution in [2.75, 3.05) is 5.01 Å². The van der Waals surface area contributed by atoms with Crippen LogP contribution in [0.15, 0.2) is 60.2 Å². The minimum Gasteiger partial charge on any atom is -0.399 e. The highest BCUT2D eigenvalue weighted by molar-refractivity contribution is 6.43. The van der Waals surface area contributed by atoms with Gasteiger partial charge in [-0.25, -0.2) is 10.8 Å². The minimum atomic E-state index is -0.427. The predicted octanol–water partition coefficient (Wildman–Crippen LogP) is 3.61. The number of carbonyl (C=O) groups excluding carboxylic acids is 1. The molecular formula is C19H19Cl2N5O. The van der Waals surface area contributed by atoms with E-state index in [0.717, 1.165) is 5.56 Å². The predicted molar refractivity (Wildman–Crippen MR) is 108 cm³/mol. The number of allylic oxidation sites excluding steroid dienone is 1. The molecule has 0 aliphatic carbocycles.